The predicted molar refractivity (Wildman–Crippen MR) is 148 cm³/mol. The molecule has 1 aromatic heterocycles. The van der Waals surface area contributed by atoms with Gasteiger partial charge in [-0.25, -0.2) is 18.4 Å². The van der Waals surface area contributed by atoms with Crippen LogP contribution >= 0.6 is 11.6 Å². The van der Waals surface area contributed by atoms with E-state index in [4.69, 9.17) is 21.6 Å². The number of halogens is 1. The number of para-hydroxylation sites is 1. The number of anilines is 1. The van der Waals surface area contributed by atoms with Gasteiger partial charge in [0.2, 0.25) is 10.0 Å². The van der Waals surface area contributed by atoms with Crippen LogP contribution < -0.4 is 5.32 Å². The van der Waals surface area contributed by atoms with Crippen LogP contribution in [-0.2, 0) is 16.4 Å². The Kier molecular flexibility index (Phi) is 7.71. The van der Waals surface area contributed by atoms with Crippen LogP contribution in [0.3, 0.4) is 0 Å². The summed E-state index contributed by atoms with van der Waals surface area (Å²) in [6, 6.07) is 24.7. The highest BCUT2D eigenvalue weighted by atomic mass is 35.5. The van der Waals surface area contributed by atoms with Crippen LogP contribution in [0.5, 0.6) is 0 Å². The van der Waals surface area contributed by atoms with Gasteiger partial charge in [-0.3, -0.25) is 4.90 Å². The van der Waals surface area contributed by atoms with E-state index in [9.17, 15) is 8.42 Å². The molecule has 0 amide bonds. The number of rotatable bonds is 8. The van der Waals surface area contributed by atoms with E-state index >= 15 is 0 Å². The molecular formula is C28H30ClN5O2S. The second kappa shape index (κ2) is 11.1. The van der Waals surface area contributed by atoms with Gasteiger partial charge < -0.3 is 5.32 Å². The fraction of sp³-hybridized carbons (Fsp3) is 0.286. The van der Waals surface area contributed by atoms with Crippen molar-refractivity contribution >= 4 is 38.3 Å². The first-order chi connectivity index (χ1) is 17.9. The van der Waals surface area contributed by atoms with Crippen LogP contribution in [0.1, 0.15) is 24.4 Å². The second-order valence-electron chi connectivity index (χ2n) is 9.18. The first kappa shape index (κ1) is 25.6. The maximum atomic E-state index is 13.1. The maximum Gasteiger partial charge on any atom is 0.243 e. The number of nitrogens with zero attached hydrogens (tertiary/aromatic N) is 4. The van der Waals surface area contributed by atoms with E-state index in [1.54, 1.807) is 24.3 Å². The Morgan fingerprint density at radius 2 is 1.57 bits per heavy atom. The van der Waals surface area contributed by atoms with E-state index in [1.165, 1.54) is 9.87 Å². The summed E-state index contributed by atoms with van der Waals surface area (Å²) in [4.78, 5) is 12.3. The van der Waals surface area contributed by atoms with Crippen molar-refractivity contribution in [2.75, 3.05) is 38.0 Å². The summed E-state index contributed by atoms with van der Waals surface area (Å²) < 4.78 is 27.7. The Morgan fingerprint density at radius 1 is 0.892 bits per heavy atom. The molecule has 7 nitrogen and oxygen atoms in total. The molecule has 3 aromatic carbocycles. The largest absolute Gasteiger partial charge is 0.369 e. The van der Waals surface area contributed by atoms with Gasteiger partial charge in [-0.1, -0.05) is 54.1 Å². The number of benzene rings is 3. The predicted octanol–water partition coefficient (Wildman–Crippen LogP) is 5.01. The topological polar surface area (TPSA) is 78.4 Å². The van der Waals surface area contributed by atoms with Gasteiger partial charge in [0.05, 0.1) is 16.5 Å². The van der Waals surface area contributed by atoms with E-state index in [-0.39, 0.29) is 10.9 Å². The fourth-order valence-electron chi connectivity index (χ4n) is 4.64. The number of aromatic nitrogens is 2. The van der Waals surface area contributed by atoms with Gasteiger partial charge in [-0.15, -0.1) is 0 Å². The first-order valence-corrected chi connectivity index (χ1v) is 14.3. The summed E-state index contributed by atoms with van der Waals surface area (Å²) in [6.07, 6.45) is 0.897. The van der Waals surface area contributed by atoms with Gasteiger partial charge in [-0.2, -0.15) is 4.31 Å². The minimum absolute atomic E-state index is 0.0559. The van der Waals surface area contributed by atoms with Crippen molar-refractivity contribution in [3.05, 3.63) is 95.3 Å². The van der Waals surface area contributed by atoms with Gasteiger partial charge in [-0.05, 0) is 55.3 Å². The SMILES string of the molecule is C[C@H](c1nc(NCCc2ccccc2)c2ccccc2n1)N1CCN(S(=O)(=O)c2ccc(Cl)cc2)CC1. The molecule has 37 heavy (non-hydrogen) atoms. The number of nitrogens with one attached hydrogen (secondary N) is 1. The second-order valence-corrected chi connectivity index (χ2v) is 11.6. The van der Waals surface area contributed by atoms with E-state index in [1.807, 2.05) is 30.3 Å². The molecule has 0 spiro atoms. The maximum absolute atomic E-state index is 13.1. The Bertz CT molecular complexity index is 1460. The Morgan fingerprint density at radius 3 is 2.30 bits per heavy atom. The van der Waals surface area contributed by atoms with Crippen molar-refractivity contribution < 1.29 is 8.42 Å². The fourth-order valence-corrected chi connectivity index (χ4v) is 6.18. The van der Waals surface area contributed by atoms with Crippen LogP contribution in [-0.4, -0.2) is 60.3 Å². The van der Waals surface area contributed by atoms with Crippen LogP contribution in [0.2, 0.25) is 5.02 Å². The van der Waals surface area contributed by atoms with Crippen molar-refractivity contribution in [2.24, 2.45) is 0 Å². The summed E-state index contributed by atoms with van der Waals surface area (Å²) >= 11 is 5.93. The molecule has 2 heterocycles. The normalized spacial score (nSPS) is 16.1. The third kappa shape index (κ3) is 5.78. The van der Waals surface area contributed by atoms with Gasteiger partial charge in [0.25, 0.3) is 0 Å². The molecule has 0 radical (unpaired) electrons. The Labute approximate surface area is 223 Å². The number of hydrogen-bond acceptors (Lipinski definition) is 6. The molecule has 5 rings (SSSR count). The lowest BCUT2D eigenvalue weighted by molar-refractivity contribution is 0.141. The molecule has 0 bridgehead atoms. The monoisotopic (exact) mass is 535 g/mol. The standard InChI is InChI=1S/C28H30ClN5O2S/c1-21(33-17-19-34(20-18-33)37(35,36)24-13-11-23(29)12-14-24)27-31-26-10-6-5-9-25(26)28(32-27)30-16-15-22-7-3-2-4-8-22/h2-14,21H,15-20H2,1H3,(H,30,31,32)/t21-/m1/s1. The highest BCUT2D eigenvalue weighted by molar-refractivity contribution is 7.89. The molecule has 1 atom stereocenters. The molecular weight excluding hydrogens is 506 g/mol. The average molecular weight is 536 g/mol. The van der Waals surface area contributed by atoms with Crippen LogP contribution in [0.4, 0.5) is 5.82 Å². The molecule has 9 heteroatoms. The third-order valence-electron chi connectivity index (χ3n) is 6.82. The van der Waals surface area contributed by atoms with Crippen molar-refractivity contribution in [2.45, 2.75) is 24.3 Å². The number of fused-ring (bicyclic) bond motifs is 1. The Hall–Kier alpha value is -3.04. The quantitative estimate of drug-likeness (QED) is 0.342. The molecule has 1 aliphatic rings. The van der Waals surface area contributed by atoms with Crippen molar-refractivity contribution in [1.29, 1.82) is 0 Å². The lowest BCUT2D eigenvalue weighted by Crippen LogP contribution is -2.49. The molecule has 0 unspecified atom stereocenters. The minimum atomic E-state index is -3.55. The minimum Gasteiger partial charge on any atom is -0.369 e. The summed E-state index contributed by atoms with van der Waals surface area (Å²) in [7, 11) is -3.55. The van der Waals surface area contributed by atoms with E-state index in [0.29, 0.717) is 31.2 Å². The van der Waals surface area contributed by atoms with Crippen molar-refractivity contribution in [3.63, 3.8) is 0 Å². The summed E-state index contributed by atoms with van der Waals surface area (Å²) in [5.74, 6) is 1.56. The van der Waals surface area contributed by atoms with Gasteiger partial charge in [0.15, 0.2) is 0 Å². The highest BCUT2D eigenvalue weighted by Gasteiger charge is 2.31. The number of piperazine rings is 1. The Balaban J connectivity index is 1.29. The van der Waals surface area contributed by atoms with Crippen molar-refractivity contribution in [3.8, 4) is 0 Å². The van der Waals surface area contributed by atoms with Gasteiger partial charge in [0.1, 0.15) is 11.6 Å². The van der Waals surface area contributed by atoms with Crippen molar-refractivity contribution in [1.82, 2.24) is 19.2 Å². The lowest BCUT2D eigenvalue weighted by atomic mass is 10.1. The zero-order chi connectivity index (χ0) is 25.8. The van der Waals surface area contributed by atoms with Crippen LogP contribution in [0, 0.1) is 0 Å². The highest BCUT2D eigenvalue weighted by Crippen LogP contribution is 2.27. The zero-order valence-corrected chi connectivity index (χ0v) is 22.3. The third-order valence-corrected chi connectivity index (χ3v) is 8.98. The molecule has 1 aliphatic heterocycles. The van der Waals surface area contributed by atoms with E-state index < -0.39 is 10.0 Å². The molecule has 1 fully saturated rings. The molecule has 192 valence electrons. The summed E-state index contributed by atoms with van der Waals surface area (Å²) in [5, 5.41) is 5.02. The van der Waals surface area contributed by atoms with Gasteiger partial charge >= 0.3 is 0 Å². The van der Waals surface area contributed by atoms with Crippen LogP contribution in [0.15, 0.2) is 83.8 Å². The summed E-state index contributed by atoms with van der Waals surface area (Å²) in [5.41, 5.74) is 2.17. The number of hydrogen-bond donors (Lipinski definition) is 1. The zero-order valence-electron chi connectivity index (χ0n) is 20.7. The molecule has 0 aliphatic carbocycles. The lowest BCUT2D eigenvalue weighted by Gasteiger charge is -2.36. The van der Waals surface area contributed by atoms with Gasteiger partial charge in [0, 0.05) is 43.1 Å². The molecule has 4 aromatic rings. The average Bonchev–Trinajstić information content (AvgIpc) is 2.93. The summed E-state index contributed by atoms with van der Waals surface area (Å²) in [6.45, 7) is 4.86. The smallest absolute Gasteiger partial charge is 0.243 e. The van der Waals surface area contributed by atoms with Crippen LogP contribution in [0.25, 0.3) is 10.9 Å². The molecule has 1 N–H and O–H groups in total. The number of sulfonamides is 1. The first-order valence-electron chi connectivity index (χ1n) is 12.5. The molecule has 1 saturated heterocycles. The van der Waals surface area contributed by atoms with E-state index in [0.717, 1.165) is 35.5 Å². The van der Waals surface area contributed by atoms with E-state index in [2.05, 4.69) is 41.4 Å². The molecule has 0 saturated carbocycles.